The number of amides is 1. The Kier molecular flexibility index (Phi) is 7.82. The second-order valence-corrected chi connectivity index (χ2v) is 15.1. The number of aromatic carboxylic acids is 1. The zero-order valence-corrected chi connectivity index (χ0v) is 25.6. The minimum atomic E-state index is -5.86. The number of halogens is 1. The van der Waals surface area contributed by atoms with Gasteiger partial charge in [-0.25, -0.2) is 19.0 Å². The number of hydrogen-bond donors (Lipinski definition) is 5. The van der Waals surface area contributed by atoms with E-state index in [2.05, 4.69) is 4.98 Å². The number of pyridine rings is 2. The zero-order chi connectivity index (χ0) is 33.2. The minimum Gasteiger partial charge on any atom is -0.477 e. The number of benzene rings is 1. The highest BCUT2D eigenvalue weighted by molar-refractivity contribution is 7.72. The fraction of sp³-hybridized carbons (Fsp3) is 0.333. The first kappa shape index (κ1) is 31.9. The van der Waals surface area contributed by atoms with E-state index in [1.165, 1.54) is 22.9 Å². The molecule has 1 aliphatic heterocycles. The molecule has 0 bridgehead atoms. The Hall–Kier alpha value is -4.11. The lowest BCUT2D eigenvalue weighted by molar-refractivity contribution is 0.0485. The Morgan fingerprint density at radius 1 is 1.04 bits per heavy atom. The van der Waals surface area contributed by atoms with E-state index < -0.39 is 55.6 Å². The number of hydrogen-bond acceptors (Lipinski definition) is 8. The Balaban J connectivity index is 1.25. The van der Waals surface area contributed by atoms with Crippen LogP contribution in [0.2, 0.25) is 0 Å². The average Bonchev–Trinajstić information content (AvgIpc) is 3.76. The van der Waals surface area contributed by atoms with Gasteiger partial charge in [0.15, 0.2) is 0 Å². The molecular weight excluding hydrogens is 651 g/mol. The first-order valence-corrected chi connectivity index (χ1v) is 17.2. The van der Waals surface area contributed by atoms with Gasteiger partial charge in [-0.3, -0.25) is 13.9 Å². The number of nitrogens with zero attached hydrogens (tertiary/aromatic N) is 5. The van der Waals surface area contributed by atoms with E-state index in [1.54, 1.807) is 27.7 Å². The smallest absolute Gasteiger partial charge is 0.411 e. The number of carboxylic acid groups (broad SMARTS) is 1. The molecule has 6 rings (SSSR count). The fourth-order valence-corrected chi connectivity index (χ4v) is 8.11. The van der Waals surface area contributed by atoms with Crippen molar-refractivity contribution in [2.45, 2.75) is 30.4 Å². The molecule has 46 heavy (non-hydrogen) atoms. The van der Waals surface area contributed by atoms with Gasteiger partial charge in [0.05, 0.1) is 17.6 Å². The van der Waals surface area contributed by atoms with E-state index in [-0.39, 0.29) is 49.0 Å². The van der Waals surface area contributed by atoms with Gasteiger partial charge >= 0.3 is 32.3 Å². The number of aromatic nitrogens is 3. The van der Waals surface area contributed by atoms with Crippen LogP contribution in [0.3, 0.4) is 0 Å². The summed E-state index contributed by atoms with van der Waals surface area (Å²) in [7, 11) is -11.7. The molecule has 0 radical (unpaired) electrons. The molecular formula is C27H28FN5O11P2. The molecule has 0 atom stereocenters. The normalized spacial score (nSPS) is 16.3. The predicted molar refractivity (Wildman–Crippen MR) is 159 cm³/mol. The van der Waals surface area contributed by atoms with Gasteiger partial charge in [-0.1, -0.05) is 6.07 Å². The van der Waals surface area contributed by atoms with E-state index in [1.807, 2.05) is 0 Å². The number of anilines is 1. The standard InChI is InChI=1S/C27H28FN5O11P2/c28-20-11-18-21(33(16-4-5-16)15-19(24(18)34)25(35)36)12-22(20)30-7-9-31(10-8-30)26(37)44-27(45(38,39)40,46(41,42)43)13-17-14-29-23-3-1-2-6-32(17)23/h1-3,6,11-12,14-16H,4-5,7-10,13H2,(H,35,36)(H2,38,39,40)(H2,41,42,43). The van der Waals surface area contributed by atoms with Gasteiger partial charge in [0, 0.05) is 61.9 Å². The van der Waals surface area contributed by atoms with Crippen LogP contribution in [0.5, 0.6) is 0 Å². The molecule has 4 heterocycles. The van der Waals surface area contributed by atoms with Gasteiger partial charge in [-0.2, -0.15) is 0 Å². The minimum absolute atomic E-state index is 0.0233. The van der Waals surface area contributed by atoms with Crippen molar-refractivity contribution in [3.63, 3.8) is 0 Å². The number of carbonyl (C=O) groups is 2. The molecule has 2 aliphatic rings. The molecule has 4 aromatic rings. The number of rotatable bonds is 8. The van der Waals surface area contributed by atoms with Crippen molar-refractivity contribution in [2.24, 2.45) is 0 Å². The maximum absolute atomic E-state index is 15.4. The monoisotopic (exact) mass is 679 g/mol. The third-order valence-corrected chi connectivity index (χ3v) is 12.1. The van der Waals surface area contributed by atoms with Crippen LogP contribution in [0.1, 0.15) is 34.9 Å². The quantitative estimate of drug-likeness (QED) is 0.169. The topological polar surface area (TPSA) is 224 Å². The molecule has 1 aliphatic carbocycles. The van der Waals surface area contributed by atoms with Crippen LogP contribution in [0.4, 0.5) is 14.9 Å². The number of fused-ring (bicyclic) bond motifs is 2. The van der Waals surface area contributed by atoms with Gasteiger partial charge in [-0.05, 0) is 37.1 Å². The Morgan fingerprint density at radius 2 is 1.72 bits per heavy atom. The lowest BCUT2D eigenvalue weighted by Crippen LogP contribution is -2.51. The highest BCUT2D eigenvalue weighted by Crippen LogP contribution is 2.70. The SMILES string of the molecule is O=C(O)c1cn(C2CC2)c2cc(N3CCN(C(=O)OC(Cc4cnc5ccccn45)(P(=O)(O)O)P(=O)(O)O)CC3)c(F)cc2c1=O. The summed E-state index contributed by atoms with van der Waals surface area (Å²) >= 11 is 0. The third kappa shape index (κ3) is 5.48. The van der Waals surface area contributed by atoms with Crippen molar-refractivity contribution in [1.82, 2.24) is 18.9 Å². The van der Waals surface area contributed by atoms with Gasteiger partial charge in [0.2, 0.25) is 5.43 Å². The summed E-state index contributed by atoms with van der Waals surface area (Å²) in [6.07, 6.45) is 2.92. The molecule has 1 amide bonds. The molecule has 19 heteroatoms. The Labute approximate surface area is 258 Å². The van der Waals surface area contributed by atoms with E-state index in [4.69, 9.17) is 4.74 Å². The Bertz CT molecular complexity index is 2020. The summed E-state index contributed by atoms with van der Waals surface area (Å²) in [5.41, 5.74) is -0.586. The van der Waals surface area contributed by atoms with Crippen LogP contribution < -0.4 is 10.3 Å². The van der Waals surface area contributed by atoms with E-state index in [9.17, 15) is 48.2 Å². The van der Waals surface area contributed by atoms with Crippen LogP contribution >= 0.6 is 15.2 Å². The van der Waals surface area contributed by atoms with Crippen molar-refractivity contribution in [2.75, 3.05) is 31.1 Å². The number of piperazine rings is 1. The maximum atomic E-state index is 15.4. The summed E-state index contributed by atoms with van der Waals surface area (Å²) in [5, 5.41) is 5.81. The second kappa shape index (κ2) is 11.3. The molecule has 2 fully saturated rings. The van der Waals surface area contributed by atoms with Gasteiger partial charge in [-0.15, -0.1) is 0 Å². The van der Waals surface area contributed by atoms with Crippen molar-refractivity contribution in [3.05, 3.63) is 76.2 Å². The van der Waals surface area contributed by atoms with Crippen LogP contribution in [-0.4, -0.2) is 86.9 Å². The zero-order valence-electron chi connectivity index (χ0n) is 23.8. The van der Waals surface area contributed by atoms with Crippen LogP contribution in [0, 0.1) is 5.82 Å². The first-order chi connectivity index (χ1) is 21.6. The van der Waals surface area contributed by atoms with Gasteiger partial charge in [0.1, 0.15) is 17.0 Å². The first-order valence-electron chi connectivity index (χ1n) is 14.0. The molecule has 5 N–H and O–H groups in total. The predicted octanol–water partition coefficient (Wildman–Crippen LogP) is 2.33. The molecule has 1 aromatic carbocycles. The number of carboxylic acids is 1. The molecule has 0 unspecified atom stereocenters. The van der Waals surface area contributed by atoms with Gasteiger partial charge in [0.25, 0.3) is 0 Å². The average molecular weight is 679 g/mol. The molecule has 16 nitrogen and oxygen atoms in total. The fourth-order valence-electron chi connectivity index (χ4n) is 5.62. The highest BCUT2D eigenvalue weighted by Gasteiger charge is 2.65. The highest BCUT2D eigenvalue weighted by atomic mass is 31.2. The number of ether oxygens (including phenoxy) is 1. The molecule has 1 saturated heterocycles. The van der Waals surface area contributed by atoms with Crippen LogP contribution in [0.15, 0.2) is 53.7 Å². The van der Waals surface area contributed by atoms with E-state index >= 15 is 4.39 Å². The lowest BCUT2D eigenvalue weighted by Gasteiger charge is -2.39. The third-order valence-electron chi connectivity index (χ3n) is 8.22. The molecule has 3 aromatic heterocycles. The number of imidazole rings is 1. The van der Waals surface area contributed by atoms with Crippen molar-refractivity contribution >= 4 is 49.5 Å². The molecule has 0 spiro atoms. The number of carbonyl (C=O) groups excluding carboxylic acids is 1. The van der Waals surface area contributed by atoms with E-state index in [0.29, 0.717) is 11.2 Å². The van der Waals surface area contributed by atoms with Crippen LogP contribution in [-0.2, 0) is 20.3 Å². The van der Waals surface area contributed by atoms with Gasteiger partial charge < -0.3 is 48.2 Å². The largest absolute Gasteiger partial charge is 0.477 e. The summed E-state index contributed by atoms with van der Waals surface area (Å²) in [6.45, 7) is -0.412. The van der Waals surface area contributed by atoms with Crippen molar-refractivity contribution in [3.8, 4) is 0 Å². The van der Waals surface area contributed by atoms with E-state index in [0.717, 1.165) is 30.0 Å². The second-order valence-electron chi connectivity index (χ2n) is 11.2. The summed E-state index contributed by atoms with van der Waals surface area (Å²) < 4.78 is 48.8. The Morgan fingerprint density at radius 3 is 2.33 bits per heavy atom. The molecule has 1 saturated carbocycles. The van der Waals surface area contributed by atoms with Crippen molar-refractivity contribution in [1.29, 1.82) is 0 Å². The summed E-state index contributed by atoms with van der Waals surface area (Å²) in [6, 6.07) is 7.13. The van der Waals surface area contributed by atoms with Crippen molar-refractivity contribution < 1.29 is 52.5 Å². The van der Waals surface area contributed by atoms with Crippen LogP contribution in [0.25, 0.3) is 16.6 Å². The lowest BCUT2D eigenvalue weighted by atomic mass is 10.1. The summed E-state index contributed by atoms with van der Waals surface area (Å²) in [5.74, 6) is -2.23. The maximum Gasteiger partial charge on any atom is 0.411 e. The summed E-state index contributed by atoms with van der Waals surface area (Å²) in [4.78, 5) is 85.1. The molecule has 244 valence electrons.